The van der Waals surface area contributed by atoms with E-state index in [1.165, 1.54) is 0 Å². The van der Waals surface area contributed by atoms with Crippen LogP contribution in [0.5, 0.6) is 11.5 Å². The van der Waals surface area contributed by atoms with Gasteiger partial charge in [-0.2, -0.15) is 0 Å². The molecule has 22 heavy (non-hydrogen) atoms. The Hall–Kier alpha value is -2.51. The van der Waals surface area contributed by atoms with Gasteiger partial charge in [0.2, 0.25) is 0 Å². The van der Waals surface area contributed by atoms with E-state index in [1.54, 1.807) is 48.5 Å². The number of benzene rings is 3. The van der Waals surface area contributed by atoms with Crippen molar-refractivity contribution in [2.75, 3.05) is 0 Å². The van der Waals surface area contributed by atoms with Crippen LogP contribution in [-0.4, -0.2) is 0 Å². The van der Waals surface area contributed by atoms with Gasteiger partial charge in [-0.3, -0.25) is 0 Å². The van der Waals surface area contributed by atoms with Gasteiger partial charge in [0.1, 0.15) is 11.5 Å². The molecule has 3 aromatic rings. The SMILES string of the molecule is O=P(Oc1ccccc1)(Oc1ccccc1)c1cc[c]cc1. The first-order valence-corrected chi connectivity index (χ1v) is 8.36. The van der Waals surface area contributed by atoms with Crippen LogP contribution in [0.15, 0.2) is 84.9 Å². The summed E-state index contributed by atoms with van der Waals surface area (Å²) < 4.78 is 24.7. The summed E-state index contributed by atoms with van der Waals surface area (Å²) >= 11 is 0. The van der Waals surface area contributed by atoms with Gasteiger partial charge < -0.3 is 9.05 Å². The number of hydrogen-bond donors (Lipinski definition) is 0. The van der Waals surface area contributed by atoms with Crippen LogP contribution in [0.25, 0.3) is 0 Å². The molecule has 0 aliphatic rings. The van der Waals surface area contributed by atoms with Crippen molar-refractivity contribution in [3.05, 3.63) is 91.0 Å². The number of para-hydroxylation sites is 2. The van der Waals surface area contributed by atoms with E-state index in [1.807, 2.05) is 36.4 Å². The molecule has 0 unspecified atom stereocenters. The predicted molar refractivity (Wildman–Crippen MR) is 86.7 cm³/mol. The maximum atomic E-state index is 13.3. The van der Waals surface area contributed by atoms with E-state index in [9.17, 15) is 4.57 Å². The molecule has 3 rings (SSSR count). The Bertz CT molecular complexity index is 713. The van der Waals surface area contributed by atoms with Gasteiger partial charge in [0.05, 0.1) is 5.30 Å². The van der Waals surface area contributed by atoms with Crippen molar-refractivity contribution in [2.24, 2.45) is 0 Å². The molecule has 3 aromatic carbocycles. The fraction of sp³-hybridized carbons (Fsp3) is 0. The van der Waals surface area contributed by atoms with Gasteiger partial charge in [0.25, 0.3) is 0 Å². The Morgan fingerprint density at radius 1 is 0.682 bits per heavy atom. The Morgan fingerprint density at radius 2 is 1.14 bits per heavy atom. The Kier molecular flexibility index (Phi) is 4.27. The molecule has 0 bridgehead atoms. The highest BCUT2D eigenvalue weighted by atomic mass is 31.2. The van der Waals surface area contributed by atoms with E-state index >= 15 is 0 Å². The molecule has 0 heterocycles. The molecule has 0 spiro atoms. The number of rotatable bonds is 5. The third-order valence-corrected chi connectivity index (χ3v) is 4.79. The Balaban J connectivity index is 1.97. The third-order valence-electron chi connectivity index (χ3n) is 2.95. The lowest BCUT2D eigenvalue weighted by molar-refractivity contribution is 0.399. The summed E-state index contributed by atoms with van der Waals surface area (Å²) in [6, 6.07) is 27.6. The molecular weight excluding hydrogens is 295 g/mol. The van der Waals surface area contributed by atoms with Crippen molar-refractivity contribution in [2.45, 2.75) is 0 Å². The second kappa shape index (κ2) is 6.50. The Labute approximate surface area is 129 Å². The second-order valence-corrected chi connectivity index (χ2v) is 6.44. The highest BCUT2D eigenvalue weighted by Gasteiger charge is 2.31. The van der Waals surface area contributed by atoms with Crippen LogP contribution in [0.1, 0.15) is 0 Å². The molecular formula is C18H14O3P. The van der Waals surface area contributed by atoms with Gasteiger partial charge >= 0.3 is 7.60 Å². The predicted octanol–water partition coefficient (Wildman–Crippen LogP) is 4.46. The zero-order valence-corrected chi connectivity index (χ0v) is 12.6. The van der Waals surface area contributed by atoms with Crippen LogP contribution in [0.2, 0.25) is 0 Å². The molecule has 109 valence electrons. The van der Waals surface area contributed by atoms with Crippen molar-refractivity contribution in [1.82, 2.24) is 0 Å². The first-order valence-electron chi connectivity index (χ1n) is 6.82. The minimum Gasteiger partial charge on any atom is -0.413 e. The van der Waals surface area contributed by atoms with Crippen LogP contribution in [0.4, 0.5) is 0 Å². The molecule has 0 aliphatic carbocycles. The van der Waals surface area contributed by atoms with Gasteiger partial charge in [-0.15, -0.1) is 0 Å². The average Bonchev–Trinajstić information content (AvgIpc) is 2.57. The summed E-state index contributed by atoms with van der Waals surface area (Å²) in [4.78, 5) is 0. The topological polar surface area (TPSA) is 35.5 Å². The lowest BCUT2D eigenvalue weighted by Crippen LogP contribution is -2.14. The van der Waals surface area contributed by atoms with E-state index < -0.39 is 7.60 Å². The third kappa shape index (κ3) is 3.38. The fourth-order valence-corrected chi connectivity index (χ4v) is 3.49. The molecule has 3 nitrogen and oxygen atoms in total. The van der Waals surface area contributed by atoms with Crippen molar-refractivity contribution >= 4 is 12.9 Å². The van der Waals surface area contributed by atoms with Crippen molar-refractivity contribution in [3.8, 4) is 11.5 Å². The molecule has 0 aromatic heterocycles. The lowest BCUT2D eigenvalue weighted by Gasteiger charge is -2.20. The molecule has 0 fully saturated rings. The normalized spacial score (nSPS) is 10.9. The fourth-order valence-electron chi connectivity index (χ4n) is 1.92. The van der Waals surface area contributed by atoms with Crippen LogP contribution in [0.3, 0.4) is 0 Å². The summed E-state index contributed by atoms with van der Waals surface area (Å²) in [6.07, 6.45) is 0. The van der Waals surface area contributed by atoms with Crippen molar-refractivity contribution < 1.29 is 13.6 Å². The second-order valence-electron chi connectivity index (χ2n) is 4.56. The first-order chi connectivity index (χ1) is 10.8. The zero-order chi connectivity index (χ0) is 15.3. The smallest absolute Gasteiger partial charge is 0.413 e. The quantitative estimate of drug-likeness (QED) is 0.653. The summed E-state index contributed by atoms with van der Waals surface area (Å²) in [6.45, 7) is 0. The first kappa shape index (κ1) is 14.4. The van der Waals surface area contributed by atoms with Gasteiger partial charge in [0, 0.05) is 0 Å². The molecule has 0 aliphatic heterocycles. The lowest BCUT2D eigenvalue weighted by atomic mass is 10.3. The molecule has 0 N–H and O–H groups in total. The maximum absolute atomic E-state index is 13.3. The molecule has 1 radical (unpaired) electrons. The van der Waals surface area contributed by atoms with Gasteiger partial charge in [-0.1, -0.05) is 48.5 Å². The molecule has 0 saturated heterocycles. The van der Waals surface area contributed by atoms with E-state index in [0.717, 1.165) is 0 Å². The number of hydrogen-bond acceptors (Lipinski definition) is 3. The van der Waals surface area contributed by atoms with Crippen molar-refractivity contribution in [1.29, 1.82) is 0 Å². The summed E-state index contributed by atoms with van der Waals surface area (Å²) in [5.41, 5.74) is 0. The van der Waals surface area contributed by atoms with Gasteiger partial charge in [0.15, 0.2) is 0 Å². The van der Waals surface area contributed by atoms with E-state index in [-0.39, 0.29) is 0 Å². The molecule has 0 saturated carbocycles. The van der Waals surface area contributed by atoms with E-state index in [4.69, 9.17) is 9.05 Å². The average molecular weight is 309 g/mol. The maximum Gasteiger partial charge on any atom is 0.462 e. The van der Waals surface area contributed by atoms with Crippen molar-refractivity contribution in [3.63, 3.8) is 0 Å². The monoisotopic (exact) mass is 309 g/mol. The summed E-state index contributed by atoms with van der Waals surface area (Å²) in [5.74, 6) is 0.990. The van der Waals surface area contributed by atoms with Gasteiger partial charge in [-0.25, -0.2) is 4.57 Å². The zero-order valence-electron chi connectivity index (χ0n) is 11.8. The minimum atomic E-state index is -3.54. The highest BCUT2D eigenvalue weighted by Crippen LogP contribution is 2.47. The van der Waals surface area contributed by atoms with Crippen LogP contribution in [0, 0.1) is 6.07 Å². The molecule has 0 atom stereocenters. The molecule has 0 amide bonds. The van der Waals surface area contributed by atoms with Crippen LogP contribution < -0.4 is 14.4 Å². The Morgan fingerprint density at radius 3 is 1.59 bits per heavy atom. The molecule has 4 heteroatoms. The van der Waals surface area contributed by atoms with Gasteiger partial charge in [-0.05, 0) is 42.5 Å². The standard InChI is InChI=1S/C18H14O3P/c19-22(18-14-8-3-9-15-18,20-16-10-4-1-5-11-16)21-17-12-6-2-7-13-17/h1-2,4-15H. The van der Waals surface area contributed by atoms with E-state index in [0.29, 0.717) is 16.8 Å². The van der Waals surface area contributed by atoms with Crippen LogP contribution in [-0.2, 0) is 4.57 Å². The summed E-state index contributed by atoms with van der Waals surface area (Å²) in [5, 5.41) is 0.485. The highest BCUT2D eigenvalue weighted by molar-refractivity contribution is 7.63. The minimum absolute atomic E-state index is 0.485. The van der Waals surface area contributed by atoms with E-state index in [2.05, 4.69) is 6.07 Å². The largest absolute Gasteiger partial charge is 0.462 e. The van der Waals surface area contributed by atoms with Crippen LogP contribution >= 0.6 is 7.60 Å². The summed E-state index contributed by atoms with van der Waals surface area (Å²) in [7, 11) is -3.54.